The summed E-state index contributed by atoms with van der Waals surface area (Å²) in [6.07, 6.45) is 2.56. The van der Waals surface area contributed by atoms with Crippen LogP contribution in [-0.2, 0) is 0 Å². The molecule has 2 atom stereocenters. The van der Waals surface area contributed by atoms with Crippen LogP contribution in [0.1, 0.15) is 30.6 Å². The quantitative estimate of drug-likeness (QED) is 0.816. The van der Waals surface area contributed by atoms with E-state index in [2.05, 4.69) is 10.3 Å². The van der Waals surface area contributed by atoms with Crippen LogP contribution in [0.25, 0.3) is 0 Å². The molecular weight excluding hydrogens is 223 g/mol. The van der Waals surface area contributed by atoms with Crippen molar-refractivity contribution >= 4 is 5.91 Å². The first-order chi connectivity index (χ1) is 8.04. The Morgan fingerprint density at radius 3 is 2.88 bits per heavy atom. The minimum Gasteiger partial charge on any atom is -0.391 e. The average molecular weight is 240 g/mol. The Bertz CT molecular complexity index is 385. The van der Waals surface area contributed by atoms with Crippen LogP contribution in [-0.4, -0.2) is 28.6 Å². The van der Waals surface area contributed by atoms with E-state index in [4.69, 9.17) is 0 Å². The Balaban J connectivity index is 2.50. The summed E-state index contributed by atoms with van der Waals surface area (Å²) in [6, 6.07) is 1.11. The predicted molar refractivity (Wildman–Crippen MR) is 62.0 cm³/mol. The molecule has 4 nitrogen and oxygen atoms in total. The molecule has 5 heteroatoms. The number of hydrogen-bond donors (Lipinski definition) is 2. The number of aliphatic hydroxyl groups excluding tert-OH is 1. The van der Waals surface area contributed by atoms with Crippen molar-refractivity contribution in [2.45, 2.75) is 26.4 Å². The molecule has 0 aromatic carbocycles. The third-order valence-corrected chi connectivity index (χ3v) is 2.74. The fraction of sp³-hybridized carbons (Fsp3) is 0.500. The van der Waals surface area contributed by atoms with Crippen LogP contribution < -0.4 is 5.32 Å². The van der Waals surface area contributed by atoms with Gasteiger partial charge < -0.3 is 10.4 Å². The van der Waals surface area contributed by atoms with E-state index in [9.17, 15) is 14.3 Å². The van der Waals surface area contributed by atoms with Gasteiger partial charge in [0.15, 0.2) is 0 Å². The molecule has 17 heavy (non-hydrogen) atoms. The molecule has 0 fully saturated rings. The van der Waals surface area contributed by atoms with Crippen LogP contribution in [0.3, 0.4) is 0 Å². The Hall–Kier alpha value is -1.49. The van der Waals surface area contributed by atoms with E-state index < -0.39 is 17.8 Å². The van der Waals surface area contributed by atoms with Gasteiger partial charge in [-0.15, -0.1) is 0 Å². The Labute approximate surface area is 99.9 Å². The minimum absolute atomic E-state index is 0.112. The number of aromatic nitrogens is 1. The lowest BCUT2D eigenvalue weighted by Crippen LogP contribution is -2.35. The van der Waals surface area contributed by atoms with Gasteiger partial charge in [-0.1, -0.05) is 20.3 Å². The highest BCUT2D eigenvalue weighted by Crippen LogP contribution is 2.06. The second-order valence-electron chi connectivity index (χ2n) is 4.05. The highest BCUT2D eigenvalue weighted by Gasteiger charge is 2.14. The molecule has 0 spiro atoms. The lowest BCUT2D eigenvalue weighted by Gasteiger charge is -2.17. The Morgan fingerprint density at radius 2 is 2.29 bits per heavy atom. The maximum absolute atomic E-state index is 12.8. The molecule has 1 aromatic rings. The highest BCUT2D eigenvalue weighted by molar-refractivity contribution is 5.93. The largest absolute Gasteiger partial charge is 0.391 e. The van der Waals surface area contributed by atoms with E-state index >= 15 is 0 Å². The number of nitrogens with one attached hydrogen (secondary N) is 1. The van der Waals surface area contributed by atoms with Gasteiger partial charge in [0.25, 0.3) is 5.91 Å². The van der Waals surface area contributed by atoms with E-state index in [0.29, 0.717) is 0 Å². The lowest BCUT2D eigenvalue weighted by molar-refractivity contribution is 0.0849. The summed E-state index contributed by atoms with van der Waals surface area (Å²) in [6.45, 7) is 4.02. The first kappa shape index (κ1) is 13.6. The lowest BCUT2D eigenvalue weighted by atomic mass is 10.0. The number of rotatable bonds is 5. The second kappa shape index (κ2) is 6.30. The van der Waals surface area contributed by atoms with Gasteiger partial charge >= 0.3 is 0 Å². The molecule has 0 aliphatic rings. The fourth-order valence-corrected chi connectivity index (χ4v) is 1.31. The monoisotopic (exact) mass is 240 g/mol. The van der Waals surface area contributed by atoms with Crippen molar-refractivity contribution in [3.8, 4) is 0 Å². The second-order valence-corrected chi connectivity index (χ2v) is 4.05. The van der Waals surface area contributed by atoms with Crippen LogP contribution in [0.2, 0.25) is 0 Å². The number of nitrogens with zero attached hydrogens (tertiary/aromatic N) is 1. The first-order valence-corrected chi connectivity index (χ1v) is 5.61. The molecule has 0 saturated heterocycles. The standard InChI is InChI=1S/C12H17FN2O2/c1-3-8(2)11(16)7-15-12(17)9-4-10(13)6-14-5-9/h4-6,8,11,16H,3,7H2,1-2H3,(H,15,17). The van der Waals surface area contributed by atoms with Crippen molar-refractivity contribution in [3.63, 3.8) is 0 Å². The molecule has 2 unspecified atom stereocenters. The average Bonchev–Trinajstić information content (AvgIpc) is 2.34. The zero-order valence-electron chi connectivity index (χ0n) is 9.98. The number of halogens is 1. The van der Waals surface area contributed by atoms with E-state index in [0.717, 1.165) is 18.7 Å². The van der Waals surface area contributed by atoms with Crippen molar-refractivity contribution in [1.29, 1.82) is 0 Å². The summed E-state index contributed by atoms with van der Waals surface area (Å²) < 4.78 is 12.8. The van der Waals surface area contributed by atoms with Crippen LogP contribution >= 0.6 is 0 Å². The molecule has 0 aliphatic heterocycles. The molecular formula is C12H17FN2O2. The molecule has 0 aliphatic carbocycles. The maximum atomic E-state index is 12.8. The van der Waals surface area contributed by atoms with Gasteiger partial charge in [-0.2, -0.15) is 0 Å². The molecule has 0 bridgehead atoms. The zero-order chi connectivity index (χ0) is 12.8. The SMILES string of the molecule is CCC(C)C(O)CNC(=O)c1cncc(F)c1. The van der Waals surface area contributed by atoms with Crippen molar-refractivity contribution in [1.82, 2.24) is 10.3 Å². The molecule has 2 N–H and O–H groups in total. The third-order valence-electron chi connectivity index (χ3n) is 2.74. The van der Waals surface area contributed by atoms with Crippen molar-refractivity contribution in [2.75, 3.05) is 6.54 Å². The van der Waals surface area contributed by atoms with Crippen molar-refractivity contribution < 1.29 is 14.3 Å². The molecule has 94 valence electrons. The van der Waals surface area contributed by atoms with Gasteiger partial charge in [0, 0.05) is 12.7 Å². The minimum atomic E-state index is -0.592. The number of hydrogen-bond acceptors (Lipinski definition) is 3. The smallest absolute Gasteiger partial charge is 0.253 e. The molecule has 1 aromatic heterocycles. The number of pyridine rings is 1. The highest BCUT2D eigenvalue weighted by atomic mass is 19.1. The molecule has 0 saturated carbocycles. The third kappa shape index (κ3) is 4.11. The van der Waals surface area contributed by atoms with Crippen molar-refractivity contribution in [3.05, 3.63) is 29.8 Å². The predicted octanol–water partition coefficient (Wildman–Crippen LogP) is 1.36. The number of amides is 1. The summed E-state index contributed by atoms with van der Waals surface area (Å²) in [5.41, 5.74) is 0.154. The molecule has 1 rings (SSSR count). The Morgan fingerprint density at radius 1 is 1.59 bits per heavy atom. The summed E-state index contributed by atoms with van der Waals surface area (Å²) in [4.78, 5) is 15.2. The molecule has 1 amide bonds. The topological polar surface area (TPSA) is 62.2 Å². The van der Waals surface area contributed by atoms with Crippen molar-refractivity contribution in [2.24, 2.45) is 5.92 Å². The summed E-state index contributed by atoms with van der Waals surface area (Å²) in [5, 5.41) is 12.2. The van der Waals surface area contributed by atoms with E-state index in [1.165, 1.54) is 6.20 Å². The van der Waals surface area contributed by atoms with Crippen LogP contribution in [0.5, 0.6) is 0 Å². The maximum Gasteiger partial charge on any atom is 0.253 e. The summed E-state index contributed by atoms with van der Waals surface area (Å²) in [7, 11) is 0. The van der Waals surface area contributed by atoms with Gasteiger partial charge in [-0.3, -0.25) is 9.78 Å². The zero-order valence-corrected chi connectivity index (χ0v) is 9.98. The van der Waals surface area contributed by atoms with E-state index in [1.54, 1.807) is 0 Å². The van der Waals surface area contributed by atoms with Crippen LogP contribution in [0.4, 0.5) is 4.39 Å². The van der Waals surface area contributed by atoms with Gasteiger partial charge in [0.05, 0.1) is 17.9 Å². The Kier molecular flexibility index (Phi) is 5.03. The van der Waals surface area contributed by atoms with E-state index in [1.807, 2.05) is 13.8 Å². The van der Waals surface area contributed by atoms with Crippen LogP contribution in [0.15, 0.2) is 18.5 Å². The van der Waals surface area contributed by atoms with Gasteiger partial charge in [0.1, 0.15) is 5.82 Å². The molecule has 0 radical (unpaired) electrons. The van der Waals surface area contributed by atoms with Crippen LogP contribution in [0, 0.1) is 11.7 Å². The number of aliphatic hydroxyl groups is 1. The number of carbonyl (C=O) groups excluding carboxylic acids is 1. The normalized spacial score (nSPS) is 14.1. The first-order valence-electron chi connectivity index (χ1n) is 5.61. The summed E-state index contributed by atoms with van der Waals surface area (Å²) >= 11 is 0. The number of carbonyl (C=O) groups is 1. The van der Waals surface area contributed by atoms with Gasteiger partial charge in [-0.25, -0.2) is 4.39 Å². The molecule has 1 heterocycles. The van der Waals surface area contributed by atoms with Gasteiger partial charge in [0.2, 0.25) is 0 Å². The van der Waals surface area contributed by atoms with E-state index in [-0.39, 0.29) is 18.0 Å². The fourth-order valence-electron chi connectivity index (χ4n) is 1.31. The van der Waals surface area contributed by atoms with Gasteiger partial charge in [-0.05, 0) is 12.0 Å². The summed E-state index contributed by atoms with van der Waals surface area (Å²) in [5.74, 6) is -0.875.